The van der Waals surface area contributed by atoms with E-state index in [9.17, 15) is 4.79 Å². The minimum atomic E-state index is -0.408. The number of rotatable bonds is 6. The molecule has 0 fully saturated rings. The summed E-state index contributed by atoms with van der Waals surface area (Å²) in [4.78, 5) is 12.1. The average Bonchev–Trinajstić information content (AvgIpc) is 2.96. The molecule has 2 rings (SSSR count). The van der Waals surface area contributed by atoms with Crippen LogP contribution in [0.1, 0.15) is 10.4 Å². The van der Waals surface area contributed by atoms with Crippen molar-refractivity contribution in [1.29, 1.82) is 0 Å². The fourth-order valence-electron chi connectivity index (χ4n) is 1.72. The largest absolute Gasteiger partial charge is 0.493 e. The second kappa shape index (κ2) is 7.87. The molecule has 0 aliphatic rings. The summed E-state index contributed by atoms with van der Waals surface area (Å²) >= 11 is 7.36. The van der Waals surface area contributed by atoms with E-state index >= 15 is 0 Å². The van der Waals surface area contributed by atoms with Crippen LogP contribution in [0.2, 0.25) is 4.34 Å². The van der Waals surface area contributed by atoms with Gasteiger partial charge >= 0.3 is 5.97 Å². The first-order valence-corrected chi connectivity index (χ1v) is 7.63. The Bertz CT molecular complexity index is 679. The lowest BCUT2D eigenvalue weighted by Crippen LogP contribution is -1.96. The Labute approximate surface area is 137 Å². The van der Waals surface area contributed by atoms with Crippen molar-refractivity contribution in [2.75, 3.05) is 14.2 Å². The highest BCUT2D eigenvalue weighted by atomic mass is 35.5. The van der Waals surface area contributed by atoms with Gasteiger partial charge in [-0.3, -0.25) is 0 Å². The normalized spacial score (nSPS) is 10.7. The van der Waals surface area contributed by atoms with E-state index in [1.165, 1.54) is 24.5 Å². The average molecular weight is 339 g/mol. The number of halogens is 1. The van der Waals surface area contributed by atoms with Gasteiger partial charge in [0.2, 0.25) is 0 Å². The van der Waals surface area contributed by atoms with Gasteiger partial charge in [0, 0.05) is 11.0 Å². The number of benzene rings is 1. The minimum Gasteiger partial charge on any atom is -0.493 e. The molecule has 6 heteroatoms. The lowest BCUT2D eigenvalue weighted by atomic mass is 10.2. The zero-order chi connectivity index (χ0) is 15.9. The second-order valence-corrected chi connectivity index (χ2v) is 6.06. The number of ether oxygens (including phenoxy) is 3. The Hall–Kier alpha value is -1.98. The number of esters is 1. The van der Waals surface area contributed by atoms with E-state index in [-0.39, 0.29) is 0 Å². The second-order valence-electron chi connectivity index (χ2n) is 4.26. The van der Waals surface area contributed by atoms with Crippen LogP contribution >= 0.6 is 22.9 Å². The van der Waals surface area contributed by atoms with Crippen molar-refractivity contribution in [1.82, 2.24) is 0 Å². The van der Waals surface area contributed by atoms with E-state index in [0.717, 1.165) is 14.8 Å². The minimum absolute atomic E-state index is 0.408. The molecule has 0 amide bonds. The molecule has 1 aromatic heterocycles. The predicted octanol–water partition coefficient (Wildman–Crippen LogP) is 4.18. The first kappa shape index (κ1) is 16.4. The number of thiophene rings is 1. The lowest BCUT2D eigenvalue weighted by Gasteiger charge is -2.10. The Balaban J connectivity index is 2.08. The number of hydrogen-bond acceptors (Lipinski definition) is 5. The SMILES string of the molecule is COC(=O)C=Cc1ccc(OCc2ccc(Cl)s2)c(OC)c1. The third-order valence-corrected chi connectivity index (χ3v) is 4.00. The number of carbonyl (C=O) groups excluding carboxylic acids is 1. The molecule has 0 bridgehead atoms. The van der Waals surface area contributed by atoms with Crippen LogP contribution in [-0.4, -0.2) is 20.2 Å². The van der Waals surface area contributed by atoms with E-state index in [2.05, 4.69) is 4.74 Å². The zero-order valence-electron chi connectivity index (χ0n) is 12.2. The van der Waals surface area contributed by atoms with Crippen molar-refractivity contribution >= 4 is 35.0 Å². The van der Waals surface area contributed by atoms with Crippen molar-refractivity contribution in [3.05, 3.63) is 51.2 Å². The van der Waals surface area contributed by atoms with Crippen LogP contribution in [-0.2, 0) is 16.1 Å². The molecule has 0 spiro atoms. The van der Waals surface area contributed by atoms with Gasteiger partial charge in [-0.2, -0.15) is 0 Å². The summed E-state index contributed by atoms with van der Waals surface area (Å²) in [5.41, 5.74) is 0.814. The molecule has 0 unspecified atom stereocenters. The van der Waals surface area contributed by atoms with Crippen molar-refractivity contribution in [2.24, 2.45) is 0 Å². The standard InChI is InChI=1S/C16H15ClO4S/c1-19-14-9-11(4-8-16(18)20-2)3-6-13(14)21-10-12-5-7-15(17)22-12/h3-9H,10H2,1-2H3. The van der Waals surface area contributed by atoms with Gasteiger partial charge < -0.3 is 14.2 Å². The molecule has 1 aromatic carbocycles. The third-order valence-electron chi connectivity index (χ3n) is 2.80. The maximum absolute atomic E-state index is 11.1. The van der Waals surface area contributed by atoms with Crippen molar-refractivity contribution in [3.63, 3.8) is 0 Å². The predicted molar refractivity (Wildman–Crippen MR) is 87.7 cm³/mol. The Morgan fingerprint density at radius 1 is 1.23 bits per heavy atom. The van der Waals surface area contributed by atoms with Crippen LogP contribution in [0.3, 0.4) is 0 Å². The van der Waals surface area contributed by atoms with E-state index < -0.39 is 5.97 Å². The van der Waals surface area contributed by atoms with Crippen molar-refractivity contribution in [3.8, 4) is 11.5 Å². The van der Waals surface area contributed by atoms with Crippen LogP contribution in [0.25, 0.3) is 6.08 Å². The zero-order valence-corrected chi connectivity index (χ0v) is 13.7. The Morgan fingerprint density at radius 3 is 2.68 bits per heavy atom. The number of carbonyl (C=O) groups is 1. The van der Waals surface area contributed by atoms with E-state index in [1.54, 1.807) is 25.3 Å². The van der Waals surface area contributed by atoms with Gasteiger partial charge in [-0.05, 0) is 35.9 Å². The van der Waals surface area contributed by atoms with Gasteiger partial charge in [-0.25, -0.2) is 4.79 Å². The quantitative estimate of drug-likeness (QED) is 0.585. The van der Waals surface area contributed by atoms with Gasteiger partial charge in [0.1, 0.15) is 6.61 Å². The van der Waals surface area contributed by atoms with E-state index in [1.807, 2.05) is 18.2 Å². The van der Waals surface area contributed by atoms with Gasteiger partial charge in [0.15, 0.2) is 11.5 Å². The molecule has 22 heavy (non-hydrogen) atoms. The molecule has 0 saturated carbocycles. The first-order chi connectivity index (χ1) is 10.6. The highest BCUT2D eigenvalue weighted by molar-refractivity contribution is 7.16. The summed E-state index contributed by atoms with van der Waals surface area (Å²) in [5, 5.41) is 0. The van der Waals surface area contributed by atoms with Crippen LogP contribution < -0.4 is 9.47 Å². The fraction of sp³-hybridized carbons (Fsp3) is 0.188. The van der Waals surface area contributed by atoms with Gasteiger partial charge in [-0.15, -0.1) is 11.3 Å². The maximum Gasteiger partial charge on any atom is 0.330 e. The van der Waals surface area contributed by atoms with Crippen LogP contribution in [0, 0.1) is 0 Å². The van der Waals surface area contributed by atoms with Gasteiger partial charge in [0.05, 0.1) is 18.6 Å². The highest BCUT2D eigenvalue weighted by Gasteiger charge is 2.06. The Kier molecular flexibility index (Phi) is 5.86. The molecule has 0 saturated heterocycles. The fourth-order valence-corrected chi connectivity index (χ4v) is 2.72. The number of hydrogen-bond donors (Lipinski definition) is 0. The Morgan fingerprint density at radius 2 is 2.05 bits per heavy atom. The van der Waals surface area contributed by atoms with Gasteiger partial charge in [-0.1, -0.05) is 17.7 Å². The highest BCUT2D eigenvalue weighted by Crippen LogP contribution is 2.30. The molecule has 116 valence electrons. The van der Waals surface area contributed by atoms with E-state index in [4.69, 9.17) is 21.1 Å². The summed E-state index contributed by atoms with van der Waals surface area (Å²) in [7, 11) is 2.90. The van der Waals surface area contributed by atoms with Gasteiger partial charge in [0.25, 0.3) is 0 Å². The van der Waals surface area contributed by atoms with Crippen LogP contribution in [0.15, 0.2) is 36.4 Å². The molecule has 0 aliphatic carbocycles. The van der Waals surface area contributed by atoms with Crippen LogP contribution in [0.5, 0.6) is 11.5 Å². The summed E-state index contributed by atoms with van der Waals surface area (Å²) in [6.45, 7) is 0.422. The maximum atomic E-state index is 11.1. The van der Waals surface area contributed by atoms with Crippen LogP contribution in [0.4, 0.5) is 0 Å². The molecule has 0 atom stereocenters. The molecular weight excluding hydrogens is 324 g/mol. The lowest BCUT2D eigenvalue weighted by molar-refractivity contribution is -0.134. The third kappa shape index (κ3) is 4.51. The summed E-state index contributed by atoms with van der Waals surface area (Å²) in [6, 6.07) is 9.18. The molecular formula is C16H15ClO4S. The molecule has 0 aliphatic heterocycles. The smallest absolute Gasteiger partial charge is 0.330 e. The monoisotopic (exact) mass is 338 g/mol. The molecule has 4 nitrogen and oxygen atoms in total. The first-order valence-electron chi connectivity index (χ1n) is 6.43. The summed E-state index contributed by atoms with van der Waals surface area (Å²) < 4.78 is 16.3. The van der Waals surface area contributed by atoms with E-state index in [0.29, 0.717) is 18.1 Å². The number of methoxy groups -OCH3 is 2. The summed E-state index contributed by atoms with van der Waals surface area (Å²) in [6.07, 6.45) is 3.00. The molecule has 0 N–H and O–H groups in total. The molecule has 2 aromatic rings. The topological polar surface area (TPSA) is 44.8 Å². The van der Waals surface area contributed by atoms with Crippen molar-refractivity contribution in [2.45, 2.75) is 6.61 Å². The van der Waals surface area contributed by atoms with Crippen molar-refractivity contribution < 1.29 is 19.0 Å². The molecule has 1 heterocycles. The molecule has 0 radical (unpaired) electrons. The summed E-state index contributed by atoms with van der Waals surface area (Å²) in [5.74, 6) is 0.811.